The standard InChI is InChI=1S/C65H108FN11O10/c1-41(2)34-47(38-54(80)73-64(11,12)61(87)75-62(7,8)59(85)67-32-29-52(78)74-65(30-19-31-65)40-76(13)14)68-53(79)37-49(36-43(5)6)70-60(86)63(9,10)72-55(81)39-48(35-42(3)4)69-56(82)50(28-23-44-20-16-15-17-21-44)57(83)71-51-22-18-33-77(51)58(84)45-24-26-46(66)27-25-45/h24-27,41-44,47-51H,15-23,28-40H2,1-14H3,(H,67,85)(H,68,79)(H,69,82)(H,70,86)(H,71,83)(H,72,81)(H,73,80)(H,74,78)(H,75,87)/t47-,48-,49-,50-,51-/m0/s1. The second-order valence-corrected chi connectivity index (χ2v) is 28.3. The molecule has 5 atom stereocenters. The molecule has 1 aromatic carbocycles. The van der Waals surface area contributed by atoms with Gasteiger partial charge in [0.2, 0.25) is 53.2 Å². The summed E-state index contributed by atoms with van der Waals surface area (Å²) in [6.07, 6.45) is 10.4. The molecule has 0 bridgehead atoms. The summed E-state index contributed by atoms with van der Waals surface area (Å²) in [5.41, 5.74) is -4.32. The van der Waals surface area contributed by atoms with Crippen LogP contribution in [-0.2, 0) is 43.2 Å². The van der Waals surface area contributed by atoms with Gasteiger partial charge in [0, 0.05) is 69.0 Å². The lowest BCUT2D eigenvalue weighted by molar-refractivity contribution is -0.138. The van der Waals surface area contributed by atoms with Gasteiger partial charge < -0.3 is 57.7 Å². The molecule has 2 aliphatic carbocycles. The van der Waals surface area contributed by atoms with Crippen molar-refractivity contribution in [2.45, 2.75) is 252 Å². The number of hydrogen-bond acceptors (Lipinski definition) is 11. The van der Waals surface area contributed by atoms with Crippen LogP contribution in [0.4, 0.5) is 4.39 Å². The SMILES string of the molecule is CC(C)C[C@@H](CC(=O)NC(C)(C)C(=O)NC(C)(C)C(=O)NCCC(=O)NC1(CN(C)C)CCC1)NC(=O)C[C@H](CC(C)C)NC(=O)C(C)(C)NC(=O)C[C@H](CC(C)C)NC(=O)[C@H](CCC1CCCCC1)C(=O)N[C@@H]1CCCN1C(=O)c1ccc(F)cc1. The van der Waals surface area contributed by atoms with E-state index < -0.39 is 99.9 Å². The van der Waals surface area contributed by atoms with Crippen LogP contribution in [0, 0.1) is 35.4 Å². The lowest BCUT2D eigenvalue weighted by Crippen LogP contribution is -2.63. The molecule has 2 saturated carbocycles. The predicted octanol–water partition coefficient (Wildman–Crippen LogP) is 6.03. The molecule has 10 amide bonds. The first-order valence-corrected chi connectivity index (χ1v) is 32.1. The van der Waals surface area contributed by atoms with Crippen LogP contribution in [0.2, 0.25) is 0 Å². The third-order valence-electron chi connectivity index (χ3n) is 16.7. The lowest BCUT2D eigenvalue weighted by atomic mass is 9.76. The minimum absolute atomic E-state index is 0.0326. The van der Waals surface area contributed by atoms with E-state index in [2.05, 4.69) is 47.9 Å². The van der Waals surface area contributed by atoms with Crippen molar-refractivity contribution in [3.8, 4) is 0 Å². The third-order valence-corrected chi connectivity index (χ3v) is 16.7. The van der Waals surface area contributed by atoms with Gasteiger partial charge in [0.05, 0.1) is 5.54 Å². The molecule has 1 aliphatic heterocycles. The van der Waals surface area contributed by atoms with E-state index in [4.69, 9.17) is 0 Å². The van der Waals surface area contributed by atoms with Crippen molar-refractivity contribution >= 4 is 59.1 Å². The molecule has 87 heavy (non-hydrogen) atoms. The van der Waals surface area contributed by atoms with E-state index in [1.165, 1.54) is 52.0 Å². The molecule has 490 valence electrons. The van der Waals surface area contributed by atoms with Crippen LogP contribution in [0.3, 0.4) is 0 Å². The van der Waals surface area contributed by atoms with E-state index in [-0.39, 0.29) is 79.3 Å². The summed E-state index contributed by atoms with van der Waals surface area (Å²) in [6, 6.07) is 3.22. The fourth-order valence-electron chi connectivity index (χ4n) is 12.2. The zero-order valence-corrected chi connectivity index (χ0v) is 54.9. The first-order chi connectivity index (χ1) is 40.6. The van der Waals surface area contributed by atoms with Crippen molar-refractivity contribution in [3.63, 3.8) is 0 Å². The number of carbonyl (C=O) groups is 10. The molecule has 0 unspecified atom stereocenters. The Balaban J connectivity index is 1.34. The summed E-state index contributed by atoms with van der Waals surface area (Å²) < 4.78 is 13.7. The number of amides is 10. The number of benzene rings is 1. The van der Waals surface area contributed by atoms with Crippen LogP contribution in [0.5, 0.6) is 0 Å². The molecule has 0 radical (unpaired) electrons. The third kappa shape index (κ3) is 24.7. The average molecular weight is 1220 g/mol. The van der Waals surface area contributed by atoms with Gasteiger partial charge in [0.25, 0.3) is 5.91 Å². The first-order valence-electron chi connectivity index (χ1n) is 32.1. The molecule has 3 aliphatic rings. The molecular weight excluding hydrogens is 1110 g/mol. The van der Waals surface area contributed by atoms with Gasteiger partial charge in [0.15, 0.2) is 0 Å². The van der Waals surface area contributed by atoms with E-state index in [9.17, 15) is 52.3 Å². The Labute approximate surface area is 517 Å². The smallest absolute Gasteiger partial charge is 0.255 e. The van der Waals surface area contributed by atoms with Crippen LogP contribution < -0.4 is 47.9 Å². The number of likely N-dealkylation sites (tertiary alicyclic amines) is 1. The zero-order chi connectivity index (χ0) is 65.0. The number of nitrogens with one attached hydrogen (secondary N) is 9. The fourth-order valence-corrected chi connectivity index (χ4v) is 12.2. The Kier molecular flexibility index (Phi) is 28.1. The molecule has 3 fully saturated rings. The Bertz CT molecular complexity index is 2510. The van der Waals surface area contributed by atoms with Crippen LogP contribution in [0.1, 0.15) is 215 Å². The summed E-state index contributed by atoms with van der Waals surface area (Å²) in [7, 11) is 3.92. The molecule has 22 heteroatoms. The van der Waals surface area contributed by atoms with Gasteiger partial charge in [-0.15, -0.1) is 0 Å². The quantitative estimate of drug-likeness (QED) is 0.0359. The molecule has 1 heterocycles. The van der Waals surface area contributed by atoms with Crippen molar-refractivity contribution in [2.75, 3.05) is 33.7 Å². The van der Waals surface area contributed by atoms with Crippen molar-refractivity contribution in [1.82, 2.24) is 57.7 Å². The zero-order valence-electron chi connectivity index (χ0n) is 54.9. The predicted molar refractivity (Wildman–Crippen MR) is 333 cm³/mol. The number of halogens is 1. The number of nitrogens with zero attached hydrogens (tertiary/aromatic N) is 2. The first kappa shape index (κ1) is 73.3. The molecule has 21 nitrogen and oxygen atoms in total. The highest BCUT2D eigenvalue weighted by Gasteiger charge is 2.41. The monoisotopic (exact) mass is 1220 g/mol. The van der Waals surface area contributed by atoms with Gasteiger partial charge in [0.1, 0.15) is 34.5 Å². The van der Waals surface area contributed by atoms with E-state index >= 15 is 0 Å². The fraction of sp³-hybridized carbons (Fsp3) is 0.754. The summed E-state index contributed by atoms with van der Waals surface area (Å²) >= 11 is 0. The van der Waals surface area contributed by atoms with E-state index in [0.717, 1.165) is 57.9 Å². The molecule has 4 rings (SSSR count). The highest BCUT2D eigenvalue weighted by Crippen LogP contribution is 2.33. The summed E-state index contributed by atoms with van der Waals surface area (Å²) in [5, 5.41) is 26.2. The average Bonchev–Trinajstić information content (AvgIpc) is 2.92. The minimum Gasteiger partial charge on any atom is -0.354 e. The Morgan fingerprint density at radius 1 is 0.598 bits per heavy atom. The van der Waals surface area contributed by atoms with Crippen molar-refractivity contribution in [1.29, 1.82) is 0 Å². The molecule has 0 aromatic heterocycles. The van der Waals surface area contributed by atoms with Crippen molar-refractivity contribution in [3.05, 3.63) is 35.6 Å². The van der Waals surface area contributed by atoms with Gasteiger partial charge in [-0.2, -0.15) is 0 Å². The second-order valence-electron chi connectivity index (χ2n) is 28.3. The Hall–Kier alpha value is -6.19. The highest BCUT2D eigenvalue weighted by molar-refractivity contribution is 6.01. The molecule has 9 N–H and O–H groups in total. The van der Waals surface area contributed by atoms with Crippen molar-refractivity contribution < 1.29 is 52.3 Å². The number of rotatable bonds is 34. The van der Waals surface area contributed by atoms with Crippen LogP contribution >= 0.6 is 0 Å². The number of carbonyl (C=O) groups excluding carboxylic acids is 10. The maximum absolute atomic E-state index is 14.4. The summed E-state index contributed by atoms with van der Waals surface area (Å²) in [4.78, 5) is 141. The maximum Gasteiger partial charge on any atom is 0.255 e. The summed E-state index contributed by atoms with van der Waals surface area (Å²) in [6.45, 7) is 22.1. The molecular formula is C65H108FN11O10. The summed E-state index contributed by atoms with van der Waals surface area (Å²) in [5.74, 6) is -5.75. The van der Waals surface area contributed by atoms with Gasteiger partial charge in [-0.1, -0.05) is 73.6 Å². The van der Waals surface area contributed by atoms with Crippen LogP contribution in [-0.4, -0.2) is 149 Å². The van der Waals surface area contributed by atoms with E-state index in [1.54, 1.807) is 18.7 Å². The normalized spacial score (nSPS) is 17.7. The van der Waals surface area contributed by atoms with E-state index in [1.807, 2.05) is 60.5 Å². The minimum atomic E-state index is -1.48. The van der Waals surface area contributed by atoms with Gasteiger partial charge in [-0.25, -0.2) is 4.39 Å². The number of hydrogen-bond donors (Lipinski definition) is 9. The molecule has 1 saturated heterocycles. The van der Waals surface area contributed by atoms with Crippen LogP contribution in [0.15, 0.2) is 24.3 Å². The lowest BCUT2D eigenvalue weighted by Gasteiger charge is -2.44. The second kappa shape index (κ2) is 33.4. The van der Waals surface area contributed by atoms with Crippen molar-refractivity contribution in [2.24, 2.45) is 29.6 Å². The molecule has 0 spiro atoms. The number of likely N-dealkylation sites (N-methyl/N-ethyl adjacent to an activating group) is 1. The van der Waals surface area contributed by atoms with Gasteiger partial charge in [-0.3, -0.25) is 47.9 Å². The van der Waals surface area contributed by atoms with Crippen LogP contribution in [0.25, 0.3) is 0 Å². The largest absolute Gasteiger partial charge is 0.354 e. The van der Waals surface area contributed by atoms with Gasteiger partial charge >= 0.3 is 0 Å². The Morgan fingerprint density at radius 3 is 1.64 bits per heavy atom. The van der Waals surface area contributed by atoms with Gasteiger partial charge in [-0.05, 0) is 168 Å². The highest BCUT2D eigenvalue weighted by atomic mass is 19.1. The Morgan fingerprint density at radius 2 is 1.11 bits per heavy atom. The van der Waals surface area contributed by atoms with E-state index in [0.29, 0.717) is 51.0 Å². The molecule has 1 aromatic rings. The topological polar surface area (TPSA) is 285 Å². The maximum atomic E-state index is 14.4.